The molecule has 2 aliphatic rings. The second-order valence-corrected chi connectivity index (χ2v) is 15.8. The number of rotatable bonds is 6. The summed E-state index contributed by atoms with van der Waals surface area (Å²) in [6.45, 7) is 20.7. The van der Waals surface area contributed by atoms with E-state index in [2.05, 4.69) is 0 Å². The average Bonchev–Trinajstić information content (AvgIpc) is 2.82. The Morgan fingerprint density at radius 2 is 1.12 bits per heavy atom. The molecule has 0 radical (unpaired) electrons. The summed E-state index contributed by atoms with van der Waals surface area (Å²) in [4.78, 5) is 55.2. The van der Waals surface area contributed by atoms with Crippen molar-refractivity contribution in [2.75, 3.05) is 13.2 Å². The standard InChI is InChI=1S/C31H51NO9S/c1-28(2,3)24(33)37-17-18-20(39-25(34)29(4,5)6)21(40-26(35)30(7,8)9)22(41-27(36)31(10,11)12)23(38-18)32-16-14-13-15-19(32)42/h18,20-23H,13-17H2,1-12H3/t18-,20+,21+,22-,23-/m1/s1. The topological polar surface area (TPSA) is 118 Å². The molecule has 2 aliphatic heterocycles. The second-order valence-electron chi connectivity index (χ2n) is 15.3. The summed E-state index contributed by atoms with van der Waals surface area (Å²) in [6, 6.07) is 0. The Kier molecular flexibility index (Phi) is 11.3. The van der Waals surface area contributed by atoms with E-state index in [9.17, 15) is 19.2 Å². The van der Waals surface area contributed by atoms with Crippen molar-refractivity contribution in [3.05, 3.63) is 0 Å². The quantitative estimate of drug-likeness (QED) is 0.229. The lowest BCUT2D eigenvalue weighted by Gasteiger charge is -2.50. The minimum Gasteiger partial charge on any atom is -0.462 e. The van der Waals surface area contributed by atoms with Crippen LogP contribution in [0, 0.1) is 21.7 Å². The number of likely N-dealkylation sites (tertiary alicyclic amines) is 1. The first kappa shape index (κ1) is 35.9. The van der Waals surface area contributed by atoms with Crippen LogP contribution in [-0.4, -0.2) is 77.6 Å². The van der Waals surface area contributed by atoms with Crippen molar-refractivity contribution in [1.29, 1.82) is 0 Å². The number of thiocarbonyl (C=S) groups is 1. The first-order chi connectivity index (χ1) is 18.9. The molecule has 0 amide bonds. The molecule has 0 spiro atoms. The fourth-order valence-corrected chi connectivity index (χ4v) is 4.39. The highest BCUT2D eigenvalue weighted by Gasteiger charge is 2.56. The van der Waals surface area contributed by atoms with Crippen molar-refractivity contribution < 1.29 is 42.9 Å². The number of esters is 4. The van der Waals surface area contributed by atoms with Gasteiger partial charge in [-0.25, -0.2) is 0 Å². The Hall–Kier alpha value is -2.27. The third-order valence-electron chi connectivity index (χ3n) is 6.83. The lowest BCUT2D eigenvalue weighted by Crippen LogP contribution is -2.68. The third-order valence-corrected chi connectivity index (χ3v) is 7.27. The Morgan fingerprint density at radius 3 is 1.55 bits per heavy atom. The van der Waals surface area contributed by atoms with Gasteiger partial charge in [-0.1, -0.05) is 12.2 Å². The highest BCUT2D eigenvalue weighted by molar-refractivity contribution is 7.80. The van der Waals surface area contributed by atoms with E-state index in [0.717, 1.165) is 12.8 Å². The van der Waals surface area contributed by atoms with E-state index in [1.54, 1.807) is 83.1 Å². The zero-order valence-corrected chi connectivity index (χ0v) is 28.3. The second kappa shape index (κ2) is 13.2. The average molecular weight is 614 g/mol. The molecule has 42 heavy (non-hydrogen) atoms. The predicted molar refractivity (Wildman–Crippen MR) is 160 cm³/mol. The summed E-state index contributed by atoms with van der Waals surface area (Å²) in [5.74, 6) is -2.22. The van der Waals surface area contributed by atoms with Crippen molar-refractivity contribution in [1.82, 2.24) is 4.90 Å². The van der Waals surface area contributed by atoms with Crippen LogP contribution in [-0.2, 0) is 42.9 Å². The molecule has 11 heteroatoms. The maximum Gasteiger partial charge on any atom is 0.311 e. The van der Waals surface area contributed by atoms with Crippen molar-refractivity contribution in [2.45, 2.75) is 133 Å². The van der Waals surface area contributed by atoms with Gasteiger partial charge in [-0.05, 0) is 102 Å². The van der Waals surface area contributed by atoms with Gasteiger partial charge in [0.05, 0.1) is 26.6 Å². The van der Waals surface area contributed by atoms with E-state index in [4.69, 9.17) is 35.9 Å². The maximum absolute atomic E-state index is 13.4. The van der Waals surface area contributed by atoms with Gasteiger partial charge in [0.2, 0.25) is 0 Å². The van der Waals surface area contributed by atoms with E-state index >= 15 is 0 Å². The lowest BCUT2D eigenvalue weighted by atomic mass is 9.92. The molecule has 2 rings (SSSR count). The highest BCUT2D eigenvalue weighted by Crippen LogP contribution is 2.36. The Bertz CT molecular complexity index is 1030. The van der Waals surface area contributed by atoms with Crippen LogP contribution in [0.25, 0.3) is 0 Å². The number of carbonyl (C=O) groups excluding carboxylic acids is 4. The summed E-state index contributed by atoms with van der Waals surface area (Å²) < 4.78 is 30.3. The fourth-order valence-electron chi connectivity index (χ4n) is 4.05. The minimum absolute atomic E-state index is 0.293. The molecule has 2 heterocycles. The van der Waals surface area contributed by atoms with Crippen LogP contribution >= 0.6 is 12.2 Å². The third kappa shape index (κ3) is 9.36. The van der Waals surface area contributed by atoms with Gasteiger partial charge in [0.25, 0.3) is 0 Å². The van der Waals surface area contributed by atoms with Crippen LogP contribution in [0.4, 0.5) is 0 Å². The van der Waals surface area contributed by atoms with Crippen LogP contribution in [0.3, 0.4) is 0 Å². The molecule has 10 nitrogen and oxygen atoms in total. The molecule has 0 aromatic carbocycles. The van der Waals surface area contributed by atoms with Crippen molar-refractivity contribution >= 4 is 41.1 Å². The van der Waals surface area contributed by atoms with Crippen molar-refractivity contribution in [3.63, 3.8) is 0 Å². The number of nitrogens with zero attached hydrogens (tertiary/aromatic N) is 1. The molecular weight excluding hydrogens is 562 g/mol. The first-order valence-corrected chi connectivity index (χ1v) is 15.1. The molecule has 0 aromatic rings. The summed E-state index contributed by atoms with van der Waals surface area (Å²) in [5, 5.41) is 0. The molecule has 5 atom stereocenters. The Morgan fingerprint density at radius 1 is 0.690 bits per heavy atom. The van der Waals surface area contributed by atoms with Gasteiger partial charge in [0, 0.05) is 6.54 Å². The zero-order chi connectivity index (χ0) is 32.4. The van der Waals surface area contributed by atoms with E-state index < -0.39 is 76.2 Å². The molecule has 0 N–H and O–H groups in total. The minimum atomic E-state index is -1.28. The highest BCUT2D eigenvalue weighted by atomic mass is 32.1. The van der Waals surface area contributed by atoms with Gasteiger partial charge in [-0.3, -0.25) is 19.2 Å². The molecule has 0 bridgehead atoms. The van der Waals surface area contributed by atoms with Gasteiger partial charge in [0.1, 0.15) is 12.7 Å². The molecule has 0 aromatic heterocycles. The summed E-state index contributed by atoms with van der Waals surface area (Å²) in [5.41, 5.74) is -3.56. The maximum atomic E-state index is 13.4. The zero-order valence-electron chi connectivity index (χ0n) is 27.5. The van der Waals surface area contributed by atoms with E-state index in [0.29, 0.717) is 18.0 Å². The van der Waals surface area contributed by atoms with Gasteiger partial charge in [0.15, 0.2) is 24.5 Å². The van der Waals surface area contributed by atoms with Gasteiger partial charge in [-0.2, -0.15) is 0 Å². The summed E-state index contributed by atoms with van der Waals surface area (Å²) >= 11 is 5.70. The predicted octanol–water partition coefficient (Wildman–Crippen LogP) is 4.99. The van der Waals surface area contributed by atoms with E-state index in [1.807, 2.05) is 4.90 Å². The SMILES string of the molecule is CC(C)(C)C(=O)OC[C@H]1O[C@@H](N2CCCCC2=S)[C@H](OC(=O)C(C)(C)C)[C@@H](OC(=O)C(C)(C)C)[C@H]1OC(=O)C(C)(C)C. The normalized spacial score (nSPS) is 25.9. The van der Waals surface area contributed by atoms with Crippen LogP contribution in [0.1, 0.15) is 102 Å². The summed E-state index contributed by atoms with van der Waals surface area (Å²) in [6.07, 6.45) is -3.43. The fraction of sp³-hybridized carbons (Fsp3) is 0.839. The van der Waals surface area contributed by atoms with Gasteiger partial charge < -0.3 is 28.6 Å². The molecule has 2 fully saturated rings. The van der Waals surface area contributed by atoms with Crippen LogP contribution in [0.15, 0.2) is 0 Å². The largest absolute Gasteiger partial charge is 0.462 e. The van der Waals surface area contributed by atoms with E-state index in [-0.39, 0.29) is 6.61 Å². The van der Waals surface area contributed by atoms with Crippen LogP contribution in [0.5, 0.6) is 0 Å². The molecule has 240 valence electrons. The smallest absolute Gasteiger partial charge is 0.311 e. The lowest BCUT2D eigenvalue weighted by molar-refractivity contribution is -0.277. The molecule has 0 saturated carbocycles. The Balaban J connectivity index is 2.71. The number of ether oxygens (including phenoxy) is 5. The van der Waals surface area contributed by atoms with Crippen LogP contribution in [0.2, 0.25) is 0 Å². The monoisotopic (exact) mass is 613 g/mol. The van der Waals surface area contributed by atoms with Crippen LogP contribution < -0.4 is 0 Å². The molecule has 2 saturated heterocycles. The number of carbonyl (C=O) groups is 4. The van der Waals surface area contributed by atoms with Gasteiger partial charge >= 0.3 is 23.9 Å². The number of hydrogen-bond donors (Lipinski definition) is 0. The molecule has 0 aliphatic carbocycles. The van der Waals surface area contributed by atoms with Crippen molar-refractivity contribution in [3.8, 4) is 0 Å². The first-order valence-electron chi connectivity index (χ1n) is 14.7. The molecule has 0 unspecified atom stereocenters. The number of piperidine rings is 1. The summed E-state index contributed by atoms with van der Waals surface area (Å²) in [7, 11) is 0. The number of hydrogen-bond acceptors (Lipinski definition) is 10. The van der Waals surface area contributed by atoms with Crippen molar-refractivity contribution in [2.24, 2.45) is 21.7 Å². The Labute approximate surface area is 256 Å². The van der Waals surface area contributed by atoms with E-state index in [1.165, 1.54) is 0 Å². The van der Waals surface area contributed by atoms with Gasteiger partial charge in [-0.15, -0.1) is 0 Å². The molecular formula is C31H51NO9S.